The van der Waals surface area contributed by atoms with Gasteiger partial charge in [-0.2, -0.15) is 0 Å². The summed E-state index contributed by atoms with van der Waals surface area (Å²) in [5.41, 5.74) is 0.870. The van der Waals surface area contributed by atoms with E-state index in [1.54, 1.807) is 39.0 Å². The topological polar surface area (TPSA) is 105 Å². The van der Waals surface area contributed by atoms with Crippen molar-refractivity contribution in [2.45, 2.75) is 71.7 Å². The second-order valence-corrected chi connectivity index (χ2v) is 11.8. The highest BCUT2D eigenvalue weighted by Crippen LogP contribution is 2.26. The number of nitrogens with one attached hydrogen (secondary N) is 2. The molecule has 1 aliphatic rings. The molecular formula is C29H36BrN3O5. The summed E-state index contributed by atoms with van der Waals surface area (Å²) in [6.07, 6.45) is 0.586. The molecule has 204 valence electrons. The Morgan fingerprint density at radius 1 is 0.974 bits per heavy atom. The van der Waals surface area contributed by atoms with Crippen LogP contribution in [0, 0.1) is 5.92 Å². The molecule has 8 nitrogen and oxygen atoms in total. The number of hydrogen-bond acceptors (Lipinski definition) is 6. The highest BCUT2D eigenvalue weighted by molar-refractivity contribution is 9.10. The van der Waals surface area contributed by atoms with E-state index in [2.05, 4.69) is 26.6 Å². The van der Waals surface area contributed by atoms with Crippen LogP contribution in [0.3, 0.4) is 0 Å². The largest absolute Gasteiger partial charge is 0.459 e. The van der Waals surface area contributed by atoms with Gasteiger partial charge in [-0.25, -0.2) is 0 Å². The molecule has 2 atom stereocenters. The standard InChI is InChI=1S/C29H36BrN3O5/c1-18(2)15-24(25(34)31-17-19-9-7-6-8-10-19)32-23(28(37)38-29(3,4)5)13-14-33-26(35)21-12-11-20(30)16-22(21)27(33)36/h6-12,16,18,23-24,32H,13-15,17H2,1-5H3,(H,31,34)/t23-,24+/m1/s1. The van der Waals surface area contributed by atoms with Gasteiger partial charge in [0.05, 0.1) is 17.2 Å². The molecule has 0 bridgehead atoms. The highest BCUT2D eigenvalue weighted by Gasteiger charge is 2.37. The van der Waals surface area contributed by atoms with Crippen LogP contribution in [0.2, 0.25) is 0 Å². The number of imide groups is 1. The number of carbonyl (C=O) groups is 4. The lowest BCUT2D eigenvalue weighted by Gasteiger charge is -2.29. The van der Waals surface area contributed by atoms with Crippen LogP contribution in [-0.4, -0.2) is 52.8 Å². The number of esters is 1. The van der Waals surface area contributed by atoms with Gasteiger partial charge in [-0.15, -0.1) is 0 Å². The van der Waals surface area contributed by atoms with Crippen molar-refractivity contribution >= 4 is 39.6 Å². The number of carbonyl (C=O) groups excluding carboxylic acids is 4. The molecule has 0 unspecified atom stereocenters. The fourth-order valence-electron chi connectivity index (χ4n) is 4.24. The van der Waals surface area contributed by atoms with Crippen molar-refractivity contribution in [3.8, 4) is 0 Å². The number of hydrogen-bond donors (Lipinski definition) is 2. The van der Waals surface area contributed by atoms with Crippen LogP contribution < -0.4 is 10.6 Å². The van der Waals surface area contributed by atoms with Gasteiger partial charge in [0, 0.05) is 17.6 Å². The first-order valence-corrected chi connectivity index (χ1v) is 13.6. The van der Waals surface area contributed by atoms with E-state index in [1.807, 2.05) is 44.2 Å². The Morgan fingerprint density at radius 3 is 2.26 bits per heavy atom. The monoisotopic (exact) mass is 585 g/mol. The zero-order chi connectivity index (χ0) is 28.0. The maximum atomic E-state index is 13.2. The minimum atomic E-state index is -0.906. The van der Waals surface area contributed by atoms with Gasteiger partial charge in [0.15, 0.2) is 0 Å². The van der Waals surface area contributed by atoms with Crippen LogP contribution in [0.15, 0.2) is 53.0 Å². The lowest BCUT2D eigenvalue weighted by Crippen LogP contribution is -2.53. The molecule has 0 aliphatic carbocycles. The van der Waals surface area contributed by atoms with E-state index in [1.165, 1.54) is 0 Å². The Morgan fingerprint density at radius 2 is 1.63 bits per heavy atom. The van der Waals surface area contributed by atoms with Crippen molar-refractivity contribution in [2.24, 2.45) is 5.92 Å². The Balaban J connectivity index is 1.76. The van der Waals surface area contributed by atoms with Crippen LogP contribution >= 0.6 is 15.9 Å². The van der Waals surface area contributed by atoms with Crippen LogP contribution in [0.5, 0.6) is 0 Å². The molecule has 2 aromatic rings. The van der Waals surface area contributed by atoms with Gasteiger partial charge in [0.25, 0.3) is 11.8 Å². The van der Waals surface area contributed by atoms with E-state index in [-0.39, 0.29) is 24.8 Å². The first kappa shape index (κ1) is 29.5. The molecule has 0 radical (unpaired) electrons. The molecule has 1 aliphatic heterocycles. The summed E-state index contributed by atoms with van der Waals surface area (Å²) >= 11 is 3.34. The summed E-state index contributed by atoms with van der Waals surface area (Å²) in [5, 5.41) is 6.13. The SMILES string of the molecule is CC(C)C[C@H](N[C@H](CCN1C(=O)c2ccc(Br)cc2C1=O)C(=O)OC(C)(C)C)C(=O)NCc1ccccc1. The van der Waals surface area contributed by atoms with Crippen molar-refractivity contribution in [2.75, 3.05) is 6.54 Å². The van der Waals surface area contributed by atoms with Gasteiger partial charge in [0.1, 0.15) is 11.6 Å². The first-order chi connectivity index (χ1) is 17.9. The number of nitrogens with zero attached hydrogens (tertiary/aromatic N) is 1. The summed E-state index contributed by atoms with van der Waals surface area (Å²) in [6.45, 7) is 9.65. The summed E-state index contributed by atoms with van der Waals surface area (Å²) in [6, 6.07) is 12.9. The molecule has 3 rings (SSSR count). The molecule has 0 fully saturated rings. The normalized spacial score (nSPS) is 14.9. The quantitative estimate of drug-likeness (QED) is 0.298. The van der Waals surface area contributed by atoms with Crippen LogP contribution in [0.4, 0.5) is 0 Å². The number of halogens is 1. The molecule has 38 heavy (non-hydrogen) atoms. The zero-order valence-corrected chi connectivity index (χ0v) is 24.1. The van der Waals surface area contributed by atoms with Crippen molar-refractivity contribution in [3.05, 3.63) is 69.7 Å². The Hall–Kier alpha value is -3.04. The number of benzene rings is 2. The average molecular weight is 587 g/mol. The molecule has 3 amide bonds. The van der Waals surface area contributed by atoms with Gasteiger partial charge in [-0.1, -0.05) is 60.1 Å². The van der Waals surface area contributed by atoms with Crippen molar-refractivity contribution < 1.29 is 23.9 Å². The van der Waals surface area contributed by atoms with E-state index in [9.17, 15) is 19.2 Å². The van der Waals surface area contributed by atoms with Gasteiger partial charge < -0.3 is 10.1 Å². The molecule has 2 aromatic carbocycles. The number of fused-ring (bicyclic) bond motifs is 1. The van der Waals surface area contributed by atoms with E-state index in [0.29, 0.717) is 28.6 Å². The molecule has 0 saturated carbocycles. The molecule has 1 heterocycles. The third-order valence-electron chi connectivity index (χ3n) is 6.00. The molecular weight excluding hydrogens is 550 g/mol. The smallest absolute Gasteiger partial charge is 0.323 e. The fraction of sp³-hybridized carbons (Fsp3) is 0.448. The Bertz CT molecular complexity index is 1180. The van der Waals surface area contributed by atoms with Crippen molar-refractivity contribution in [3.63, 3.8) is 0 Å². The molecule has 0 saturated heterocycles. The maximum absolute atomic E-state index is 13.2. The summed E-state index contributed by atoms with van der Waals surface area (Å²) in [5.74, 6) is -1.42. The maximum Gasteiger partial charge on any atom is 0.323 e. The number of ether oxygens (including phenoxy) is 1. The second-order valence-electron chi connectivity index (χ2n) is 10.9. The molecule has 9 heteroatoms. The van der Waals surface area contributed by atoms with Gasteiger partial charge in [0.2, 0.25) is 5.91 Å². The van der Waals surface area contributed by atoms with E-state index < -0.39 is 35.5 Å². The van der Waals surface area contributed by atoms with E-state index in [0.717, 1.165) is 10.5 Å². The van der Waals surface area contributed by atoms with E-state index in [4.69, 9.17) is 4.74 Å². The van der Waals surface area contributed by atoms with Gasteiger partial charge >= 0.3 is 5.97 Å². The van der Waals surface area contributed by atoms with Crippen LogP contribution in [-0.2, 0) is 20.9 Å². The van der Waals surface area contributed by atoms with Crippen molar-refractivity contribution in [1.82, 2.24) is 15.5 Å². The predicted octanol–water partition coefficient (Wildman–Crippen LogP) is 4.47. The summed E-state index contributed by atoms with van der Waals surface area (Å²) in [4.78, 5) is 53.4. The zero-order valence-electron chi connectivity index (χ0n) is 22.5. The minimum Gasteiger partial charge on any atom is -0.459 e. The third kappa shape index (κ3) is 7.98. The fourth-order valence-corrected chi connectivity index (χ4v) is 4.60. The summed E-state index contributed by atoms with van der Waals surface area (Å²) < 4.78 is 6.33. The van der Waals surface area contributed by atoms with E-state index >= 15 is 0 Å². The predicted molar refractivity (Wildman–Crippen MR) is 148 cm³/mol. The van der Waals surface area contributed by atoms with Gasteiger partial charge in [-0.3, -0.25) is 29.4 Å². The second kappa shape index (κ2) is 12.7. The Labute approximate surface area is 232 Å². The Kier molecular flexibility index (Phi) is 9.84. The average Bonchev–Trinajstić information content (AvgIpc) is 3.07. The molecule has 0 spiro atoms. The minimum absolute atomic E-state index is 0.000901. The van der Waals surface area contributed by atoms with Crippen molar-refractivity contribution in [1.29, 1.82) is 0 Å². The molecule has 0 aromatic heterocycles. The molecule has 2 N–H and O–H groups in total. The van der Waals surface area contributed by atoms with Gasteiger partial charge in [-0.05, 0) is 63.3 Å². The lowest BCUT2D eigenvalue weighted by molar-refractivity contribution is -0.158. The third-order valence-corrected chi connectivity index (χ3v) is 6.49. The van der Waals surface area contributed by atoms with Crippen LogP contribution in [0.25, 0.3) is 0 Å². The summed E-state index contributed by atoms with van der Waals surface area (Å²) in [7, 11) is 0. The lowest BCUT2D eigenvalue weighted by atomic mass is 10.0. The van der Waals surface area contributed by atoms with Crippen LogP contribution in [0.1, 0.15) is 73.7 Å². The number of amides is 3. The highest BCUT2D eigenvalue weighted by atomic mass is 79.9. The first-order valence-electron chi connectivity index (χ1n) is 12.8. The number of rotatable bonds is 11.